The summed E-state index contributed by atoms with van der Waals surface area (Å²) in [5.74, 6) is 1.40. The maximum Gasteiger partial charge on any atom is 0.225 e. The van der Waals surface area contributed by atoms with Crippen LogP contribution < -0.4 is 15.4 Å². The number of nitrogens with one attached hydrogen (secondary N) is 2. The van der Waals surface area contributed by atoms with Crippen molar-refractivity contribution in [3.63, 3.8) is 0 Å². The summed E-state index contributed by atoms with van der Waals surface area (Å²) >= 11 is 0. The van der Waals surface area contributed by atoms with Gasteiger partial charge in [0.25, 0.3) is 0 Å². The molecule has 1 aromatic rings. The summed E-state index contributed by atoms with van der Waals surface area (Å²) in [6.07, 6.45) is 0. The Labute approximate surface area is 120 Å². The van der Waals surface area contributed by atoms with Crippen LogP contribution in [0, 0.1) is 18.8 Å². The number of amides is 1. The quantitative estimate of drug-likeness (QED) is 0.885. The molecule has 1 saturated heterocycles. The van der Waals surface area contributed by atoms with E-state index in [0.29, 0.717) is 5.92 Å². The van der Waals surface area contributed by atoms with Crippen molar-refractivity contribution in [2.24, 2.45) is 11.8 Å². The normalized spacial score (nSPS) is 23.4. The van der Waals surface area contributed by atoms with Gasteiger partial charge in [0.15, 0.2) is 0 Å². The second-order valence-electron chi connectivity index (χ2n) is 5.72. The molecular weight excluding hydrogens is 252 g/mol. The van der Waals surface area contributed by atoms with Gasteiger partial charge in [0.05, 0.1) is 19.1 Å². The predicted octanol–water partition coefficient (Wildman–Crippen LogP) is 2.04. The summed E-state index contributed by atoms with van der Waals surface area (Å²) in [6, 6.07) is 5.98. The van der Waals surface area contributed by atoms with Gasteiger partial charge in [-0.3, -0.25) is 4.79 Å². The molecule has 0 aliphatic carbocycles. The fraction of sp³-hybridized carbons (Fsp3) is 0.562. The number of benzene rings is 1. The van der Waals surface area contributed by atoms with E-state index in [0.717, 1.165) is 30.0 Å². The van der Waals surface area contributed by atoms with Crippen LogP contribution in [0.3, 0.4) is 0 Å². The van der Waals surface area contributed by atoms with Crippen LogP contribution in [-0.2, 0) is 4.79 Å². The molecule has 0 aromatic heterocycles. The van der Waals surface area contributed by atoms with E-state index in [4.69, 9.17) is 4.74 Å². The highest BCUT2D eigenvalue weighted by atomic mass is 16.5. The van der Waals surface area contributed by atoms with Gasteiger partial charge in [-0.25, -0.2) is 0 Å². The zero-order chi connectivity index (χ0) is 14.7. The maximum absolute atomic E-state index is 12.3. The van der Waals surface area contributed by atoms with Crippen LogP contribution in [0.2, 0.25) is 0 Å². The van der Waals surface area contributed by atoms with Crippen LogP contribution in [-0.4, -0.2) is 26.1 Å². The van der Waals surface area contributed by atoms with Crippen LogP contribution in [0.15, 0.2) is 18.2 Å². The van der Waals surface area contributed by atoms with Gasteiger partial charge in [0.2, 0.25) is 5.91 Å². The molecule has 0 saturated carbocycles. The fourth-order valence-electron chi connectivity index (χ4n) is 2.75. The van der Waals surface area contributed by atoms with Crippen molar-refractivity contribution >= 4 is 5.91 Å². The summed E-state index contributed by atoms with van der Waals surface area (Å²) in [4.78, 5) is 12.3. The molecule has 1 aliphatic rings. The molecule has 4 nitrogen and oxygen atoms in total. The van der Waals surface area contributed by atoms with Gasteiger partial charge < -0.3 is 15.4 Å². The van der Waals surface area contributed by atoms with Crippen LogP contribution in [0.1, 0.15) is 31.0 Å². The molecule has 20 heavy (non-hydrogen) atoms. The van der Waals surface area contributed by atoms with E-state index in [2.05, 4.69) is 23.6 Å². The average Bonchev–Trinajstić information content (AvgIpc) is 2.85. The predicted molar refractivity (Wildman–Crippen MR) is 79.8 cm³/mol. The third kappa shape index (κ3) is 3.12. The van der Waals surface area contributed by atoms with Crippen molar-refractivity contribution in [2.75, 3.05) is 20.2 Å². The summed E-state index contributed by atoms with van der Waals surface area (Å²) in [7, 11) is 1.66. The lowest BCUT2D eigenvalue weighted by atomic mass is 9.96. The van der Waals surface area contributed by atoms with Crippen LogP contribution in [0.5, 0.6) is 5.75 Å². The first-order chi connectivity index (χ1) is 9.52. The molecule has 1 aromatic carbocycles. The largest absolute Gasteiger partial charge is 0.496 e. The number of carbonyl (C=O) groups is 1. The third-order valence-corrected chi connectivity index (χ3v) is 4.06. The number of carbonyl (C=O) groups excluding carboxylic acids is 1. The Morgan fingerprint density at radius 1 is 1.45 bits per heavy atom. The zero-order valence-corrected chi connectivity index (χ0v) is 12.7. The number of ether oxygens (including phenoxy) is 1. The number of methoxy groups -OCH3 is 1. The lowest BCUT2D eigenvalue weighted by Crippen LogP contribution is -2.36. The molecule has 3 atom stereocenters. The van der Waals surface area contributed by atoms with Crippen molar-refractivity contribution in [3.05, 3.63) is 29.3 Å². The second kappa shape index (κ2) is 6.27. The van der Waals surface area contributed by atoms with E-state index < -0.39 is 0 Å². The number of hydrogen-bond acceptors (Lipinski definition) is 3. The highest BCUT2D eigenvalue weighted by molar-refractivity contribution is 5.80. The molecule has 1 heterocycles. The molecule has 110 valence electrons. The second-order valence-corrected chi connectivity index (χ2v) is 5.72. The third-order valence-electron chi connectivity index (χ3n) is 4.06. The monoisotopic (exact) mass is 276 g/mol. The van der Waals surface area contributed by atoms with Gasteiger partial charge in [0.1, 0.15) is 5.75 Å². The molecule has 4 heteroatoms. The molecule has 0 bridgehead atoms. The van der Waals surface area contributed by atoms with Crippen molar-refractivity contribution in [1.82, 2.24) is 10.6 Å². The first kappa shape index (κ1) is 14.9. The van der Waals surface area contributed by atoms with Gasteiger partial charge in [0, 0.05) is 12.1 Å². The summed E-state index contributed by atoms with van der Waals surface area (Å²) in [5, 5.41) is 6.37. The molecule has 0 spiro atoms. The molecule has 1 aliphatic heterocycles. The topological polar surface area (TPSA) is 50.4 Å². The minimum Gasteiger partial charge on any atom is -0.496 e. The van der Waals surface area contributed by atoms with Gasteiger partial charge in [-0.05, 0) is 32.4 Å². The van der Waals surface area contributed by atoms with Crippen molar-refractivity contribution in [3.8, 4) is 5.75 Å². The smallest absolute Gasteiger partial charge is 0.225 e. The first-order valence-electron chi connectivity index (χ1n) is 7.18. The molecule has 0 radical (unpaired) electrons. The zero-order valence-electron chi connectivity index (χ0n) is 12.7. The summed E-state index contributed by atoms with van der Waals surface area (Å²) in [6.45, 7) is 7.84. The molecule has 1 fully saturated rings. The molecule has 2 rings (SSSR count). The van der Waals surface area contributed by atoms with Crippen LogP contribution in [0.4, 0.5) is 0 Å². The Kier molecular flexibility index (Phi) is 4.65. The highest BCUT2D eigenvalue weighted by Crippen LogP contribution is 2.27. The van der Waals surface area contributed by atoms with Crippen molar-refractivity contribution < 1.29 is 9.53 Å². The lowest BCUT2D eigenvalue weighted by molar-refractivity contribution is -0.126. The van der Waals surface area contributed by atoms with Gasteiger partial charge >= 0.3 is 0 Å². The van der Waals surface area contributed by atoms with Crippen LogP contribution in [0.25, 0.3) is 0 Å². The van der Waals surface area contributed by atoms with E-state index in [1.54, 1.807) is 7.11 Å². The Bertz CT molecular complexity index is 487. The molecular formula is C16H24N2O2. The molecule has 1 amide bonds. The Morgan fingerprint density at radius 3 is 2.80 bits per heavy atom. The van der Waals surface area contributed by atoms with Crippen molar-refractivity contribution in [2.45, 2.75) is 26.8 Å². The average molecular weight is 276 g/mol. The Balaban J connectivity index is 2.09. The van der Waals surface area contributed by atoms with E-state index in [1.165, 1.54) is 0 Å². The van der Waals surface area contributed by atoms with E-state index in [9.17, 15) is 4.79 Å². The number of hydrogen-bond donors (Lipinski definition) is 2. The minimum atomic E-state index is -0.0508. The number of aryl methyl sites for hydroxylation is 1. The van der Waals surface area contributed by atoms with Gasteiger partial charge in [-0.15, -0.1) is 0 Å². The lowest BCUT2D eigenvalue weighted by Gasteiger charge is -2.21. The molecule has 1 unspecified atom stereocenters. The standard InChI is InChI=1S/C16H24N2O2/c1-10-5-6-15(20-4)13(7-10)12(3)18-16(19)14-9-17-8-11(14)2/h5-7,11-12,14,17H,8-9H2,1-4H3,(H,18,19)/t11-,12?,14-/m1/s1. The fourth-order valence-corrected chi connectivity index (χ4v) is 2.75. The SMILES string of the molecule is COc1ccc(C)cc1C(C)NC(=O)[C@@H]1CNC[C@H]1C. The highest BCUT2D eigenvalue weighted by Gasteiger charge is 2.30. The Morgan fingerprint density at radius 2 is 2.20 bits per heavy atom. The summed E-state index contributed by atoms with van der Waals surface area (Å²) < 4.78 is 5.39. The molecule has 2 N–H and O–H groups in total. The maximum atomic E-state index is 12.3. The van der Waals surface area contributed by atoms with Gasteiger partial charge in [-0.2, -0.15) is 0 Å². The van der Waals surface area contributed by atoms with Crippen molar-refractivity contribution in [1.29, 1.82) is 0 Å². The van der Waals surface area contributed by atoms with Crippen LogP contribution >= 0.6 is 0 Å². The first-order valence-corrected chi connectivity index (χ1v) is 7.18. The van der Waals surface area contributed by atoms with E-state index in [1.807, 2.05) is 26.0 Å². The number of rotatable bonds is 4. The van der Waals surface area contributed by atoms with E-state index >= 15 is 0 Å². The van der Waals surface area contributed by atoms with Gasteiger partial charge in [-0.1, -0.05) is 24.6 Å². The minimum absolute atomic E-state index is 0.0508. The van der Waals surface area contributed by atoms with E-state index in [-0.39, 0.29) is 17.9 Å². The summed E-state index contributed by atoms with van der Waals surface area (Å²) in [5.41, 5.74) is 2.19. The Hall–Kier alpha value is -1.55.